The van der Waals surface area contributed by atoms with Crippen LogP contribution in [0.1, 0.15) is 10.4 Å². The van der Waals surface area contributed by atoms with Gasteiger partial charge in [-0.25, -0.2) is 0 Å². The third-order valence-corrected chi connectivity index (χ3v) is 4.82. The summed E-state index contributed by atoms with van der Waals surface area (Å²) >= 11 is 9.21. The fraction of sp³-hybridized carbons (Fsp3) is 0.263. The minimum atomic E-state index is -0.302. The van der Waals surface area contributed by atoms with E-state index in [1.165, 1.54) is 0 Å². The molecule has 142 valence electrons. The number of amides is 2. The standard InChI is InChI=1S/C19H18BrClN2O4/c20-16-11-14(21)3-6-17(16)27-12-18(24)22-15-4-1-13(2-5-15)19(25)23-7-9-26-10-8-23/h1-6,11H,7-10,12H2,(H,22,24). The highest BCUT2D eigenvalue weighted by Crippen LogP contribution is 2.27. The Balaban J connectivity index is 1.52. The Bertz CT molecular complexity index is 823. The Hall–Kier alpha value is -2.09. The van der Waals surface area contributed by atoms with Gasteiger partial charge in [-0.15, -0.1) is 0 Å². The van der Waals surface area contributed by atoms with Gasteiger partial charge in [0.1, 0.15) is 5.75 Å². The van der Waals surface area contributed by atoms with E-state index in [1.807, 2.05) is 0 Å². The molecule has 2 aromatic rings. The third kappa shape index (κ3) is 5.45. The van der Waals surface area contributed by atoms with Gasteiger partial charge in [-0.1, -0.05) is 11.6 Å². The quantitative estimate of drug-likeness (QED) is 0.751. The van der Waals surface area contributed by atoms with Crippen molar-refractivity contribution in [2.75, 3.05) is 38.2 Å². The first-order valence-electron chi connectivity index (χ1n) is 8.38. The number of hydrogen-bond donors (Lipinski definition) is 1. The second-order valence-corrected chi connectivity index (χ2v) is 7.18. The van der Waals surface area contributed by atoms with Gasteiger partial charge in [0.25, 0.3) is 11.8 Å². The predicted molar refractivity (Wildman–Crippen MR) is 106 cm³/mol. The minimum Gasteiger partial charge on any atom is -0.483 e. The molecule has 0 saturated carbocycles. The monoisotopic (exact) mass is 452 g/mol. The van der Waals surface area contributed by atoms with Crippen molar-refractivity contribution in [2.45, 2.75) is 0 Å². The summed E-state index contributed by atoms with van der Waals surface area (Å²) in [5, 5.41) is 3.31. The number of benzene rings is 2. The molecule has 1 fully saturated rings. The smallest absolute Gasteiger partial charge is 0.262 e. The Morgan fingerprint density at radius 3 is 2.52 bits per heavy atom. The molecule has 0 bridgehead atoms. The van der Waals surface area contributed by atoms with Gasteiger partial charge in [0.2, 0.25) is 0 Å². The normalized spacial score (nSPS) is 13.9. The lowest BCUT2D eigenvalue weighted by molar-refractivity contribution is -0.118. The van der Waals surface area contributed by atoms with Gasteiger partial charge in [0.15, 0.2) is 6.61 Å². The molecule has 1 heterocycles. The number of morpholine rings is 1. The zero-order valence-corrected chi connectivity index (χ0v) is 16.8. The summed E-state index contributed by atoms with van der Waals surface area (Å²) in [4.78, 5) is 26.2. The van der Waals surface area contributed by atoms with E-state index >= 15 is 0 Å². The maximum absolute atomic E-state index is 12.4. The number of anilines is 1. The Kier molecular flexibility index (Phi) is 6.71. The van der Waals surface area contributed by atoms with Crippen LogP contribution in [-0.4, -0.2) is 49.6 Å². The van der Waals surface area contributed by atoms with E-state index in [4.69, 9.17) is 21.1 Å². The van der Waals surface area contributed by atoms with Crippen LogP contribution < -0.4 is 10.1 Å². The molecule has 1 N–H and O–H groups in total. The molecule has 0 aliphatic carbocycles. The van der Waals surface area contributed by atoms with E-state index in [-0.39, 0.29) is 18.4 Å². The van der Waals surface area contributed by atoms with Gasteiger partial charge < -0.3 is 19.7 Å². The highest BCUT2D eigenvalue weighted by atomic mass is 79.9. The fourth-order valence-electron chi connectivity index (χ4n) is 2.58. The van der Waals surface area contributed by atoms with Crippen molar-refractivity contribution in [1.29, 1.82) is 0 Å². The number of carbonyl (C=O) groups excluding carboxylic acids is 2. The molecule has 1 saturated heterocycles. The summed E-state index contributed by atoms with van der Waals surface area (Å²) in [6.07, 6.45) is 0. The van der Waals surface area contributed by atoms with Gasteiger partial charge in [-0.05, 0) is 58.4 Å². The average molecular weight is 454 g/mol. The van der Waals surface area contributed by atoms with Crippen molar-refractivity contribution >= 4 is 45.0 Å². The van der Waals surface area contributed by atoms with Gasteiger partial charge in [-0.2, -0.15) is 0 Å². The topological polar surface area (TPSA) is 67.9 Å². The molecule has 2 amide bonds. The van der Waals surface area contributed by atoms with Crippen LogP contribution in [0.2, 0.25) is 5.02 Å². The maximum Gasteiger partial charge on any atom is 0.262 e. The second kappa shape index (κ2) is 9.21. The van der Waals surface area contributed by atoms with Crippen LogP contribution >= 0.6 is 27.5 Å². The average Bonchev–Trinajstić information content (AvgIpc) is 2.68. The summed E-state index contributed by atoms with van der Waals surface area (Å²) in [5.74, 6) is 0.192. The molecule has 0 spiro atoms. The summed E-state index contributed by atoms with van der Waals surface area (Å²) in [7, 11) is 0. The van der Waals surface area contributed by atoms with E-state index in [2.05, 4.69) is 21.2 Å². The van der Waals surface area contributed by atoms with Crippen molar-refractivity contribution in [3.63, 3.8) is 0 Å². The van der Waals surface area contributed by atoms with Gasteiger partial charge in [0, 0.05) is 29.4 Å². The number of nitrogens with one attached hydrogen (secondary N) is 1. The molecule has 0 atom stereocenters. The molecule has 0 unspecified atom stereocenters. The lowest BCUT2D eigenvalue weighted by Crippen LogP contribution is -2.40. The van der Waals surface area contributed by atoms with Crippen molar-refractivity contribution in [3.8, 4) is 5.75 Å². The highest BCUT2D eigenvalue weighted by Gasteiger charge is 2.18. The fourth-order valence-corrected chi connectivity index (χ4v) is 3.37. The number of halogens is 2. The van der Waals surface area contributed by atoms with Crippen molar-refractivity contribution in [2.24, 2.45) is 0 Å². The Labute approximate surface area is 170 Å². The van der Waals surface area contributed by atoms with Crippen LogP contribution in [0.3, 0.4) is 0 Å². The Morgan fingerprint density at radius 1 is 1.15 bits per heavy atom. The van der Waals surface area contributed by atoms with E-state index in [9.17, 15) is 9.59 Å². The van der Waals surface area contributed by atoms with E-state index < -0.39 is 0 Å². The van der Waals surface area contributed by atoms with Gasteiger partial charge in [-0.3, -0.25) is 9.59 Å². The first-order chi connectivity index (χ1) is 13.0. The predicted octanol–water partition coefficient (Wildman–Crippen LogP) is 3.59. The van der Waals surface area contributed by atoms with Crippen LogP contribution in [0.5, 0.6) is 5.75 Å². The maximum atomic E-state index is 12.4. The van der Waals surface area contributed by atoms with Gasteiger partial charge in [0.05, 0.1) is 17.7 Å². The minimum absolute atomic E-state index is 0.0351. The van der Waals surface area contributed by atoms with Crippen LogP contribution in [0.15, 0.2) is 46.9 Å². The molecule has 8 heteroatoms. The molecular formula is C19H18BrClN2O4. The number of nitrogens with zero attached hydrogens (tertiary/aromatic N) is 1. The Morgan fingerprint density at radius 2 is 1.85 bits per heavy atom. The van der Waals surface area contributed by atoms with E-state index in [0.29, 0.717) is 52.8 Å². The number of ether oxygens (including phenoxy) is 2. The third-order valence-electron chi connectivity index (χ3n) is 3.97. The summed E-state index contributed by atoms with van der Waals surface area (Å²) in [6.45, 7) is 2.16. The first-order valence-corrected chi connectivity index (χ1v) is 9.55. The van der Waals surface area contributed by atoms with Crippen molar-refractivity contribution < 1.29 is 19.1 Å². The van der Waals surface area contributed by atoms with Crippen molar-refractivity contribution in [1.82, 2.24) is 4.90 Å². The highest BCUT2D eigenvalue weighted by molar-refractivity contribution is 9.10. The number of carbonyl (C=O) groups is 2. The van der Waals surface area contributed by atoms with Gasteiger partial charge >= 0.3 is 0 Å². The molecule has 6 nitrogen and oxygen atoms in total. The number of rotatable bonds is 5. The van der Waals surface area contributed by atoms with Crippen molar-refractivity contribution in [3.05, 3.63) is 57.5 Å². The molecular weight excluding hydrogens is 436 g/mol. The molecule has 2 aromatic carbocycles. The zero-order valence-electron chi connectivity index (χ0n) is 14.4. The van der Waals surface area contributed by atoms with E-state index in [1.54, 1.807) is 47.4 Å². The van der Waals surface area contributed by atoms with Crippen LogP contribution in [-0.2, 0) is 9.53 Å². The summed E-state index contributed by atoms with van der Waals surface area (Å²) in [6, 6.07) is 11.9. The molecule has 1 aliphatic rings. The summed E-state index contributed by atoms with van der Waals surface area (Å²) < 4.78 is 11.4. The largest absolute Gasteiger partial charge is 0.483 e. The zero-order chi connectivity index (χ0) is 19.2. The molecule has 3 rings (SSSR count). The molecule has 0 radical (unpaired) electrons. The first kappa shape index (κ1) is 19.7. The summed E-state index contributed by atoms with van der Waals surface area (Å²) in [5.41, 5.74) is 1.17. The lowest BCUT2D eigenvalue weighted by atomic mass is 10.1. The van der Waals surface area contributed by atoms with Crippen LogP contribution in [0.25, 0.3) is 0 Å². The van der Waals surface area contributed by atoms with E-state index in [0.717, 1.165) is 0 Å². The molecule has 27 heavy (non-hydrogen) atoms. The number of hydrogen-bond acceptors (Lipinski definition) is 4. The second-order valence-electron chi connectivity index (χ2n) is 5.89. The lowest BCUT2D eigenvalue weighted by Gasteiger charge is -2.26. The van der Waals surface area contributed by atoms with Crippen LogP contribution in [0.4, 0.5) is 5.69 Å². The SMILES string of the molecule is O=C(COc1ccc(Cl)cc1Br)Nc1ccc(C(=O)N2CCOCC2)cc1. The van der Waals surface area contributed by atoms with Crippen LogP contribution in [0, 0.1) is 0 Å². The molecule has 1 aliphatic heterocycles. The molecule has 0 aromatic heterocycles.